The van der Waals surface area contributed by atoms with E-state index >= 15 is 0 Å². The van der Waals surface area contributed by atoms with Crippen molar-refractivity contribution in [2.75, 3.05) is 19.3 Å². The summed E-state index contributed by atoms with van der Waals surface area (Å²) in [6.07, 6.45) is 2.35. The number of sulfonamides is 1. The van der Waals surface area contributed by atoms with Gasteiger partial charge in [-0.25, -0.2) is 8.42 Å². The predicted molar refractivity (Wildman–Crippen MR) is 86.9 cm³/mol. The number of thioether (sulfide) groups is 1. The molecule has 0 aromatic heterocycles. The lowest BCUT2D eigenvalue weighted by Crippen LogP contribution is -2.45. The monoisotopic (exact) mass is 363 g/mol. The second-order valence-electron chi connectivity index (χ2n) is 5.49. The molecule has 2 rings (SSSR count). The number of carboxylic acids is 1. The van der Waals surface area contributed by atoms with Crippen molar-refractivity contribution in [3.05, 3.63) is 23.2 Å². The maximum atomic E-state index is 12.7. The summed E-state index contributed by atoms with van der Waals surface area (Å²) in [7, 11) is -3.73. The van der Waals surface area contributed by atoms with Crippen LogP contribution < -0.4 is 0 Å². The minimum Gasteiger partial charge on any atom is -0.481 e. The van der Waals surface area contributed by atoms with Gasteiger partial charge < -0.3 is 5.11 Å². The molecule has 0 amide bonds. The highest BCUT2D eigenvalue weighted by Crippen LogP contribution is 2.31. The van der Waals surface area contributed by atoms with Gasteiger partial charge in [-0.15, -0.1) is 11.8 Å². The smallest absolute Gasteiger partial charge is 0.307 e. The molecule has 22 heavy (non-hydrogen) atoms. The Kier molecular flexibility index (Phi) is 5.42. The molecule has 5 nitrogen and oxygen atoms in total. The summed E-state index contributed by atoms with van der Waals surface area (Å²) in [5.41, 5.74) is 0. The first-order valence-electron chi connectivity index (χ1n) is 6.82. The van der Waals surface area contributed by atoms with Gasteiger partial charge in [0, 0.05) is 18.0 Å². The Morgan fingerprint density at radius 3 is 2.64 bits per heavy atom. The van der Waals surface area contributed by atoms with E-state index in [1.165, 1.54) is 28.2 Å². The molecular weight excluding hydrogens is 346 g/mol. The number of hydrogen-bond donors (Lipinski definition) is 1. The number of hydrogen-bond acceptors (Lipinski definition) is 4. The largest absolute Gasteiger partial charge is 0.481 e. The lowest BCUT2D eigenvalue weighted by molar-refractivity contribution is -0.143. The van der Waals surface area contributed by atoms with Crippen LogP contribution in [0.3, 0.4) is 0 Å². The molecule has 2 atom stereocenters. The Hall–Kier alpha value is -0.760. The topological polar surface area (TPSA) is 74.7 Å². The van der Waals surface area contributed by atoms with Gasteiger partial charge in [0.05, 0.1) is 15.8 Å². The number of halogens is 1. The van der Waals surface area contributed by atoms with Crippen LogP contribution in [0.2, 0.25) is 5.02 Å². The highest BCUT2D eigenvalue weighted by molar-refractivity contribution is 7.98. The van der Waals surface area contributed by atoms with Crippen LogP contribution >= 0.6 is 23.4 Å². The molecule has 1 heterocycles. The van der Waals surface area contributed by atoms with E-state index in [9.17, 15) is 18.3 Å². The van der Waals surface area contributed by atoms with E-state index in [0.717, 1.165) is 4.90 Å². The molecule has 1 aromatic rings. The minimum atomic E-state index is -3.73. The quantitative estimate of drug-likeness (QED) is 0.832. The fraction of sp³-hybridized carbons (Fsp3) is 0.500. The van der Waals surface area contributed by atoms with E-state index in [0.29, 0.717) is 18.0 Å². The second kappa shape index (κ2) is 6.78. The summed E-state index contributed by atoms with van der Waals surface area (Å²) in [6.45, 7) is 2.19. The zero-order valence-corrected chi connectivity index (χ0v) is 14.7. The summed E-state index contributed by atoms with van der Waals surface area (Å²) in [5, 5.41) is 9.56. The number of aliphatic carboxylic acids is 1. The average Bonchev–Trinajstić information content (AvgIpc) is 2.46. The summed E-state index contributed by atoms with van der Waals surface area (Å²) in [6, 6.07) is 4.61. The van der Waals surface area contributed by atoms with Crippen LogP contribution in [0.15, 0.2) is 28.0 Å². The Bertz CT molecular complexity index is 677. The molecule has 1 aromatic carbocycles. The average molecular weight is 364 g/mol. The van der Waals surface area contributed by atoms with E-state index < -0.39 is 21.9 Å². The van der Waals surface area contributed by atoms with Gasteiger partial charge in [0.2, 0.25) is 10.0 Å². The molecule has 1 aliphatic rings. The molecule has 122 valence electrons. The lowest BCUT2D eigenvalue weighted by Gasteiger charge is -2.33. The molecule has 8 heteroatoms. The third kappa shape index (κ3) is 3.59. The highest BCUT2D eigenvalue weighted by Gasteiger charge is 2.36. The van der Waals surface area contributed by atoms with Crippen molar-refractivity contribution in [2.45, 2.75) is 23.1 Å². The molecule has 1 N–H and O–H groups in total. The fourth-order valence-corrected chi connectivity index (χ4v) is 5.20. The van der Waals surface area contributed by atoms with E-state index in [-0.39, 0.29) is 17.4 Å². The van der Waals surface area contributed by atoms with Crippen LogP contribution in [-0.4, -0.2) is 43.1 Å². The number of carbonyl (C=O) groups is 1. The number of piperidine rings is 1. The van der Waals surface area contributed by atoms with Crippen molar-refractivity contribution in [3.63, 3.8) is 0 Å². The van der Waals surface area contributed by atoms with Crippen LogP contribution in [0, 0.1) is 11.8 Å². The third-order valence-corrected chi connectivity index (χ3v) is 6.78. The first kappa shape index (κ1) is 17.6. The second-order valence-corrected chi connectivity index (χ2v) is 8.69. The van der Waals surface area contributed by atoms with E-state index in [4.69, 9.17) is 11.6 Å². The molecule has 0 saturated carbocycles. The summed E-state index contributed by atoms with van der Waals surface area (Å²) >= 11 is 7.52. The van der Waals surface area contributed by atoms with Crippen molar-refractivity contribution in [1.82, 2.24) is 4.31 Å². The van der Waals surface area contributed by atoms with Crippen LogP contribution in [0.1, 0.15) is 13.3 Å². The first-order valence-corrected chi connectivity index (χ1v) is 9.86. The molecule has 0 radical (unpaired) electrons. The van der Waals surface area contributed by atoms with Crippen molar-refractivity contribution < 1.29 is 18.3 Å². The van der Waals surface area contributed by atoms with E-state index in [1.807, 2.05) is 13.2 Å². The third-order valence-electron chi connectivity index (χ3n) is 3.74. The number of rotatable bonds is 4. The zero-order valence-electron chi connectivity index (χ0n) is 12.3. The molecule has 1 aliphatic heterocycles. The molecule has 1 fully saturated rings. The van der Waals surface area contributed by atoms with Crippen molar-refractivity contribution >= 4 is 39.4 Å². The van der Waals surface area contributed by atoms with Crippen molar-refractivity contribution in [2.24, 2.45) is 11.8 Å². The zero-order chi connectivity index (χ0) is 16.5. The molecule has 0 spiro atoms. The lowest BCUT2D eigenvalue weighted by atomic mass is 9.92. The van der Waals surface area contributed by atoms with Crippen LogP contribution in [-0.2, 0) is 14.8 Å². The minimum absolute atomic E-state index is 0.00387. The summed E-state index contributed by atoms with van der Waals surface area (Å²) < 4.78 is 26.7. The number of benzene rings is 1. The Morgan fingerprint density at radius 2 is 2.09 bits per heavy atom. The van der Waals surface area contributed by atoms with E-state index in [2.05, 4.69) is 0 Å². The number of nitrogens with zero attached hydrogens (tertiary/aromatic N) is 1. The van der Waals surface area contributed by atoms with Gasteiger partial charge in [-0.05, 0) is 36.8 Å². The Balaban J connectivity index is 2.33. The molecular formula is C14H18ClNO4S2. The maximum Gasteiger partial charge on any atom is 0.307 e. The van der Waals surface area contributed by atoms with Gasteiger partial charge in [0.25, 0.3) is 0 Å². The van der Waals surface area contributed by atoms with Crippen LogP contribution in [0.5, 0.6) is 0 Å². The van der Waals surface area contributed by atoms with E-state index in [1.54, 1.807) is 6.07 Å². The Labute approximate surface area is 139 Å². The molecule has 0 bridgehead atoms. The van der Waals surface area contributed by atoms with Gasteiger partial charge in [-0.3, -0.25) is 4.79 Å². The molecule has 0 aliphatic carbocycles. The van der Waals surface area contributed by atoms with Crippen molar-refractivity contribution in [1.29, 1.82) is 0 Å². The van der Waals surface area contributed by atoms with Crippen LogP contribution in [0.25, 0.3) is 0 Å². The first-order chi connectivity index (χ1) is 10.3. The normalized spacial score (nSPS) is 23.4. The molecule has 1 saturated heterocycles. The van der Waals surface area contributed by atoms with Crippen LogP contribution in [0.4, 0.5) is 0 Å². The maximum absolute atomic E-state index is 12.7. The number of carboxylic acid groups (broad SMARTS) is 1. The summed E-state index contributed by atoms with van der Waals surface area (Å²) in [5.74, 6) is -1.62. The predicted octanol–water partition coefficient (Wildman–Crippen LogP) is 2.79. The summed E-state index contributed by atoms with van der Waals surface area (Å²) in [4.78, 5) is 12.1. The van der Waals surface area contributed by atoms with Crippen molar-refractivity contribution in [3.8, 4) is 0 Å². The van der Waals surface area contributed by atoms with Gasteiger partial charge >= 0.3 is 5.97 Å². The van der Waals surface area contributed by atoms with Gasteiger partial charge in [-0.1, -0.05) is 18.5 Å². The molecule has 2 unspecified atom stereocenters. The Morgan fingerprint density at radius 1 is 1.41 bits per heavy atom. The standard InChI is InChI=1S/C14H18ClNO4S2/c1-9-5-10(14(17)18)8-16(7-9)22(19,20)11-3-4-13(21-2)12(15)6-11/h3-4,6,9-10H,5,7-8H2,1-2H3,(H,17,18). The SMILES string of the molecule is CSc1ccc(S(=O)(=O)N2CC(C)CC(C(=O)O)C2)cc1Cl. The van der Waals surface area contributed by atoms with Gasteiger partial charge in [-0.2, -0.15) is 4.31 Å². The van der Waals surface area contributed by atoms with Gasteiger partial charge in [0.15, 0.2) is 0 Å². The fourth-order valence-electron chi connectivity index (χ4n) is 2.63. The van der Waals surface area contributed by atoms with Gasteiger partial charge in [0.1, 0.15) is 0 Å². The highest BCUT2D eigenvalue weighted by atomic mass is 35.5.